The third kappa shape index (κ3) is 3.24. The first-order valence-corrected chi connectivity index (χ1v) is 10.1. The summed E-state index contributed by atoms with van der Waals surface area (Å²) in [7, 11) is 0. The van der Waals surface area contributed by atoms with E-state index in [2.05, 4.69) is 15.6 Å². The monoisotopic (exact) mass is 396 g/mol. The molecule has 0 aliphatic heterocycles. The zero-order valence-corrected chi connectivity index (χ0v) is 16.5. The Morgan fingerprint density at radius 1 is 1.25 bits per heavy atom. The largest absolute Gasteiger partial charge is 0.324 e. The van der Waals surface area contributed by atoms with Crippen LogP contribution < -0.4 is 10.9 Å². The summed E-state index contributed by atoms with van der Waals surface area (Å²) >= 11 is 1.53. The van der Waals surface area contributed by atoms with E-state index in [0.717, 1.165) is 35.9 Å². The molecule has 0 spiro atoms. The van der Waals surface area contributed by atoms with E-state index in [1.54, 1.807) is 31.2 Å². The fraction of sp³-hybridized carbons (Fsp3) is 0.350. The average molecular weight is 396 g/mol. The van der Waals surface area contributed by atoms with Crippen molar-refractivity contribution in [2.24, 2.45) is 0 Å². The number of carbonyl (C=O) groups is 2. The SMILES string of the molecule is CC(=O)c1cccc(NC(=O)C(C)n2nnc3sc4c(c3c2=O)CCCC4)c1. The number of aromatic nitrogens is 3. The van der Waals surface area contributed by atoms with Crippen LogP contribution in [-0.4, -0.2) is 26.7 Å². The molecule has 1 atom stereocenters. The summed E-state index contributed by atoms with van der Waals surface area (Å²) in [6.45, 7) is 3.08. The summed E-state index contributed by atoms with van der Waals surface area (Å²) in [5.74, 6) is -0.473. The molecule has 1 amide bonds. The number of carbonyl (C=O) groups excluding carboxylic acids is 2. The van der Waals surface area contributed by atoms with Crippen molar-refractivity contribution in [3.63, 3.8) is 0 Å². The first-order valence-electron chi connectivity index (χ1n) is 9.27. The van der Waals surface area contributed by atoms with Gasteiger partial charge >= 0.3 is 0 Å². The molecule has 28 heavy (non-hydrogen) atoms. The molecule has 0 saturated heterocycles. The molecule has 1 aliphatic carbocycles. The van der Waals surface area contributed by atoms with Crippen molar-refractivity contribution >= 4 is 38.9 Å². The number of rotatable bonds is 4. The molecule has 1 unspecified atom stereocenters. The number of hydrogen-bond acceptors (Lipinski definition) is 6. The van der Waals surface area contributed by atoms with E-state index in [1.165, 1.54) is 23.1 Å². The van der Waals surface area contributed by atoms with E-state index in [9.17, 15) is 14.4 Å². The molecule has 1 aromatic carbocycles. The number of Topliss-reactive ketones (excluding diaryl/α,β-unsaturated/α-hetero) is 1. The zero-order valence-electron chi connectivity index (χ0n) is 15.7. The Morgan fingerprint density at radius 3 is 2.82 bits per heavy atom. The number of aryl methyl sites for hydroxylation is 2. The number of thiophene rings is 1. The fourth-order valence-corrected chi connectivity index (χ4v) is 4.71. The van der Waals surface area contributed by atoms with Crippen LogP contribution in [0.5, 0.6) is 0 Å². The molecule has 2 aromatic heterocycles. The molecule has 2 heterocycles. The summed E-state index contributed by atoms with van der Waals surface area (Å²) in [5.41, 5.74) is 1.81. The van der Waals surface area contributed by atoms with Gasteiger partial charge in [-0.25, -0.2) is 0 Å². The predicted octanol–water partition coefficient (Wildman–Crippen LogP) is 3.13. The molecule has 8 heteroatoms. The van der Waals surface area contributed by atoms with Crippen LogP contribution in [0.25, 0.3) is 10.2 Å². The molecule has 0 radical (unpaired) electrons. The molecule has 0 bridgehead atoms. The first kappa shape index (κ1) is 18.5. The van der Waals surface area contributed by atoms with Gasteiger partial charge in [0.25, 0.3) is 5.56 Å². The van der Waals surface area contributed by atoms with Gasteiger partial charge in [-0.2, -0.15) is 4.68 Å². The van der Waals surface area contributed by atoms with Gasteiger partial charge in [0.2, 0.25) is 5.91 Å². The number of hydrogen-bond donors (Lipinski definition) is 1. The van der Waals surface area contributed by atoms with Crippen molar-refractivity contribution in [1.29, 1.82) is 0 Å². The maximum Gasteiger partial charge on any atom is 0.279 e. The van der Waals surface area contributed by atoms with Crippen LogP contribution in [0.3, 0.4) is 0 Å². The summed E-state index contributed by atoms with van der Waals surface area (Å²) in [6.07, 6.45) is 4.02. The van der Waals surface area contributed by atoms with Gasteiger partial charge < -0.3 is 5.32 Å². The molecule has 144 valence electrons. The fourth-order valence-electron chi connectivity index (χ4n) is 3.51. The lowest BCUT2D eigenvalue weighted by molar-refractivity contribution is -0.119. The number of amides is 1. The standard InChI is InChI=1S/C20H20N4O3S/c1-11(18(26)21-14-7-5-6-13(10-14)12(2)25)24-20(27)17-15-8-3-4-9-16(15)28-19(17)22-23-24/h5-7,10-11H,3-4,8-9H2,1-2H3,(H,21,26). The van der Waals surface area contributed by atoms with Crippen molar-refractivity contribution in [2.45, 2.75) is 45.6 Å². The lowest BCUT2D eigenvalue weighted by atomic mass is 9.97. The van der Waals surface area contributed by atoms with Gasteiger partial charge in [0.05, 0.1) is 5.39 Å². The van der Waals surface area contributed by atoms with Crippen molar-refractivity contribution in [3.05, 3.63) is 50.6 Å². The third-order valence-corrected chi connectivity index (χ3v) is 6.27. The van der Waals surface area contributed by atoms with E-state index in [4.69, 9.17) is 0 Å². The number of benzene rings is 1. The average Bonchev–Trinajstić information content (AvgIpc) is 3.07. The zero-order chi connectivity index (χ0) is 19.8. The van der Waals surface area contributed by atoms with Crippen LogP contribution in [0, 0.1) is 0 Å². The number of nitrogens with one attached hydrogen (secondary N) is 1. The Balaban J connectivity index is 1.65. The van der Waals surface area contributed by atoms with E-state index in [1.807, 2.05) is 0 Å². The van der Waals surface area contributed by atoms with Gasteiger partial charge in [0.15, 0.2) is 10.6 Å². The number of nitrogens with zero attached hydrogens (tertiary/aromatic N) is 3. The van der Waals surface area contributed by atoms with Gasteiger partial charge in [-0.15, -0.1) is 16.4 Å². The Bertz CT molecular complexity index is 1150. The third-order valence-electron chi connectivity index (χ3n) is 5.09. The van der Waals surface area contributed by atoms with Crippen molar-refractivity contribution < 1.29 is 9.59 Å². The van der Waals surface area contributed by atoms with E-state index in [-0.39, 0.29) is 17.2 Å². The lowest BCUT2D eigenvalue weighted by Gasteiger charge is -2.14. The minimum Gasteiger partial charge on any atom is -0.324 e. The normalized spacial score (nSPS) is 14.5. The topological polar surface area (TPSA) is 93.9 Å². The van der Waals surface area contributed by atoms with Crippen LogP contribution in [0.15, 0.2) is 29.1 Å². The highest BCUT2D eigenvalue weighted by Gasteiger charge is 2.24. The maximum atomic E-state index is 13.0. The summed E-state index contributed by atoms with van der Waals surface area (Å²) in [4.78, 5) is 39.1. The number of anilines is 1. The van der Waals surface area contributed by atoms with E-state index < -0.39 is 6.04 Å². The minimum atomic E-state index is -0.829. The Kier molecular flexibility index (Phi) is 4.80. The second-order valence-corrected chi connectivity index (χ2v) is 8.12. The van der Waals surface area contributed by atoms with Crippen LogP contribution in [0.4, 0.5) is 5.69 Å². The molecule has 0 fully saturated rings. The second-order valence-electron chi connectivity index (χ2n) is 7.03. The van der Waals surface area contributed by atoms with Crippen LogP contribution >= 0.6 is 11.3 Å². The quantitative estimate of drug-likeness (QED) is 0.684. The second kappa shape index (κ2) is 7.27. The van der Waals surface area contributed by atoms with Crippen LogP contribution in [0.1, 0.15) is 53.5 Å². The van der Waals surface area contributed by atoms with Gasteiger partial charge in [-0.3, -0.25) is 14.4 Å². The number of fused-ring (bicyclic) bond motifs is 3. The van der Waals surface area contributed by atoms with Crippen molar-refractivity contribution in [1.82, 2.24) is 15.0 Å². The van der Waals surface area contributed by atoms with Crippen LogP contribution in [0.2, 0.25) is 0 Å². The van der Waals surface area contributed by atoms with Gasteiger partial charge in [0, 0.05) is 16.1 Å². The van der Waals surface area contributed by atoms with Crippen LogP contribution in [-0.2, 0) is 17.6 Å². The minimum absolute atomic E-state index is 0.0843. The summed E-state index contributed by atoms with van der Waals surface area (Å²) in [6, 6.07) is 5.87. The van der Waals surface area contributed by atoms with E-state index >= 15 is 0 Å². The molecule has 1 N–H and O–H groups in total. The highest BCUT2D eigenvalue weighted by Crippen LogP contribution is 2.33. The molecule has 3 aromatic rings. The highest BCUT2D eigenvalue weighted by molar-refractivity contribution is 7.18. The lowest BCUT2D eigenvalue weighted by Crippen LogP contribution is -2.34. The van der Waals surface area contributed by atoms with Gasteiger partial charge in [-0.1, -0.05) is 17.3 Å². The molecular weight excluding hydrogens is 376 g/mol. The highest BCUT2D eigenvalue weighted by atomic mass is 32.1. The number of ketones is 1. The van der Waals surface area contributed by atoms with Gasteiger partial charge in [0.1, 0.15) is 6.04 Å². The Morgan fingerprint density at radius 2 is 2.04 bits per heavy atom. The molecule has 4 rings (SSSR count). The smallest absolute Gasteiger partial charge is 0.279 e. The summed E-state index contributed by atoms with van der Waals surface area (Å²) < 4.78 is 1.15. The predicted molar refractivity (Wildman–Crippen MR) is 108 cm³/mol. The Hall–Kier alpha value is -2.87. The molecule has 0 saturated carbocycles. The first-order chi connectivity index (χ1) is 13.5. The molecular formula is C20H20N4O3S. The Labute approximate surface area is 165 Å². The van der Waals surface area contributed by atoms with Gasteiger partial charge in [-0.05, 0) is 57.2 Å². The molecule has 7 nitrogen and oxygen atoms in total. The van der Waals surface area contributed by atoms with Crippen molar-refractivity contribution in [3.8, 4) is 0 Å². The molecule has 1 aliphatic rings. The van der Waals surface area contributed by atoms with Crippen molar-refractivity contribution in [2.75, 3.05) is 5.32 Å². The maximum absolute atomic E-state index is 13.0. The van der Waals surface area contributed by atoms with E-state index in [0.29, 0.717) is 21.5 Å². The summed E-state index contributed by atoms with van der Waals surface area (Å²) in [5, 5.41) is 11.6.